The van der Waals surface area contributed by atoms with Crippen molar-refractivity contribution in [1.29, 1.82) is 0 Å². The molecule has 0 aliphatic carbocycles. The van der Waals surface area contributed by atoms with Gasteiger partial charge in [-0.1, -0.05) is 12.1 Å². The van der Waals surface area contributed by atoms with Crippen molar-refractivity contribution in [1.82, 2.24) is 0 Å². The first kappa shape index (κ1) is 20.8. The topological polar surface area (TPSA) is 80.3 Å². The van der Waals surface area contributed by atoms with E-state index in [1.807, 2.05) is 6.07 Å². The summed E-state index contributed by atoms with van der Waals surface area (Å²) < 4.78 is 25.8. The van der Waals surface area contributed by atoms with E-state index in [0.717, 1.165) is 5.56 Å². The molecule has 2 rings (SSSR count). The summed E-state index contributed by atoms with van der Waals surface area (Å²) in [6, 6.07) is 10.2. The summed E-state index contributed by atoms with van der Waals surface area (Å²) in [5, 5.41) is 0. The fraction of sp³-hybridized carbons (Fsp3) is 0.238. The molecule has 0 aliphatic rings. The Balaban J connectivity index is 2.03. The molecule has 0 radical (unpaired) electrons. The summed E-state index contributed by atoms with van der Waals surface area (Å²) in [6.45, 7) is -0.417. The normalized spacial score (nSPS) is 10.4. The fourth-order valence-corrected chi connectivity index (χ4v) is 2.42. The van der Waals surface area contributed by atoms with E-state index in [-0.39, 0.29) is 5.56 Å². The quantitative estimate of drug-likeness (QED) is 0.372. The van der Waals surface area contributed by atoms with Crippen LogP contribution in [0.5, 0.6) is 23.0 Å². The SMILES string of the molecule is COc1cccc(/C=C/C(=O)OCC(=O)c2cc(OC)c(OC)c(OC)c2)c1. The second kappa shape index (κ2) is 10.0. The predicted molar refractivity (Wildman–Crippen MR) is 103 cm³/mol. The summed E-state index contributed by atoms with van der Waals surface area (Å²) in [7, 11) is 5.94. The van der Waals surface area contributed by atoms with Crippen LogP contribution in [0.1, 0.15) is 15.9 Å². The van der Waals surface area contributed by atoms with Crippen molar-refractivity contribution in [3.05, 3.63) is 53.6 Å². The number of ketones is 1. The zero-order valence-electron chi connectivity index (χ0n) is 16.2. The van der Waals surface area contributed by atoms with Crippen LogP contribution in [0.25, 0.3) is 6.08 Å². The van der Waals surface area contributed by atoms with Gasteiger partial charge in [0, 0.05) is 11.6 Å². The van der Waals surface area contributed by atoms with Gasteiger partial charge in [-0.25, -0.2) is 4.79 Å². The summed E-state index contributed by atoms with van der Waals surface area (Å²) >= 11 is 0. The smallest absolute Gasteiger partial charge is 0.331 e. The molecule has 0 amide bonds. The lowest BCUT2D eigenvalue weighted by molar-refractivity contribution is -0.136. The number of rotatable bonds is 9. The minimum atomic E-state index is -0.636. The molecule has 2 aromatic carbocycles. The Morgan fingerprint density at radius 2 is 1.57 bits per heavy atom. The van der Waals surface area contributed by atoms with E-state index in [0.29, 0.717) is 23.0 Å². The second-order valence-electron chi connectivity index (χ2n) is 5.55. The van der Waals surface area contributed by atoms with Crippen molar-refractivity contribution in [2.75, 3.05) is 35.0 Å². The predicted octanol–water partition coefficient (Wildman–Crippen LogP) is 3.16. The second-order valence-corrected chi connectivity index (χ2v) is 5.55. The molecule has 0 saturated carbocycles. The van der Waals surface area contributed by atoms with Crippen LogP contribution >= 0.6 is 0 Å². The van der Waals surface area contributed by atoms with E-state index in [2.05, 4.69) is 0 Å². The van der Waals surface area contributed by atoms with Crippen molar-refractivity contribution in [2.45, 2.75) is 0 Å². The van der Waals surface area contributed by atoms with Crippen LogP contribution in [0.3, 0.4) is 0 Å². The van der Waals surface area contributed by atoms with Crippen LogP contribution < -0.4 is 18.9 Å². The molecule has 2 aromatic rings. The summed E-state index contributed by atoms with van der Waals surface area (Å²) in [6.07, 6.45) is 2.83. The number of ether oxygens (including phenoxy) is 5. The first-order valence-corrected chi connectivity index (χ1v) is 8.34. The van der Waals surface area contributed by atoms with Gasteiger partial charge in [0.25, 0.3) is 0 Å². The van der Waals surface area contributed by atoms with Crippen molar-refractivity contribution in [2.24, 2.45) is 0 Å². The van der Waals surface area contributed by atoms with Gasteiger partial charge in [0.1, 0.15) is 5.75 Å². The summed E-state index contributed by atoms with van der Waals surface area (Å²) in [5.74, 6) is 0.697. The van der Waals surface area contributed by atoms with Crippen LogP contribution in [0.15, 0.2) is 42.5 Å². The standard InChI is InChI=1S/C21H22O7/c1-24-16-7-5-6-14(10-16)8-9-20(23)28-13-17(22)15-11-18(25-2)21(27-4)19(12-15)26-3/h5-12H,13H2,1-4H3/b9-8+. The van der Waals surface area contributed by atoms with Crippen LogP contribution in [0.4, 0.5) is 0 Å². The largest absolute Gasteiger partial charge is 0.497 e. The number of hydrogen-bond donors (Lipinski definition) is 0. The van der Waals surface area contributed by atoms with Crippen molar-refractivity contribution in [3.8, 4) is 23.0 Å². The van der Waals surface area contributed by atoms with Crippen LogP contribution in [-0.4, -0.2) is 46.8 Å². The molecule has 148 valence electrons. The molecule has 7 nitrogen and oxygen atoms in total. The van der Waals surface area contributed by atoms with E-state index in [1.165, 1.54) is 39.5 Å². The molecule has 0 fully saturated rings. The molecule has 0 heterocycles. The fourth-order valence-electron chi connectivity index (χ4n) is 2.42. The van der Waals surface area contributed by atoms with E-state index >= 15 is 0 Å². The third-order valence-electron chi connectivity index (χ3n) is 3.84. The maximum atomic E-state index is 12.4. The number of hydrogen-bond acceptors (Lipinski definition) is 7. The molecule has 28 heavy (non-hydrogen) atoms. The number of carbonyl (C=O) groups is 2. The lowest BCUT2D eigenvalue weighted by Crippen LogP contribution is -2.13. The highest BCUT2D eigenvalue weighted by molar-refractivity contribution is 6.00. The zero-order valence-corrected chi connectivity index (χ0v) is 16.2. The zero-order chi connectivity index (χ0) is 20.5. The number of esters is 1. The molecular formula is C21H22O7. The summed E-state index contributed by atoms with van der Waals surface area (Å²) in [4.78, 5) is 24.3. The number of Topliss-reactive ketones (excluding diaryl/α,β-unsaturated/α-hetero) is 1. The first-order chi connectivity index (χ1) is 13.5. The number of methoxy groups -OCH3 is 4. The van der Waals surface area contributed by atoms with Gasteiger partial charge in [0.15, 0.2) is 18.1 Å². The summed E-state index contributed by atoms with van der Waals surface area (Å²) in [5.41, 5.74) is 1.05. The molecule has 7 heteroatoms. The Kier molecular flexibility index (Phi) is 7.45. The van der Waals surface area contributed by atoms with E-state index in [1.54, 1.807) is 31.4 Å². The highest BCUT2D eigenvalue weighted by atomic mass is 16.5. The van der Waals surface area contributed by atoms with Gasteiger partial charge in [0.2, 0.25) is 11.5 Å². The lowest BCUT2D eigenvalue weighted by atomic mass is 10.1. The highest BCUT2D eigenvalue weighted by Crippen LogP contribution is 2.38. The molecular weight excluding hydrogens is 364 g/mol. The van der Waals surface area contributed by atoms with Crippen molar-refractivity contribution < 1.29 is 33.3 Å². The van der Waals surface area contributed by atoms with Gasteiger partial charge in [-0.3, -0.25) is 4.79 Å². The number of benzene rings is 2. The Morgan fingerprint density at radius 1 is 0.893 bits per heavy atom. The maximum absolute atomic E-state index is 12.4. The Hall–Kier alpha value is -3.48. The van der Waals surface area contributed by atoms with E-state index in [4.69, 9.17) is 23.7 Å². The first-order valence-electron chi connectivity index (χ1n) is 8.34. The van der Waals surface area contributed by atoms with Gasteiger partial charge in [-0.05, 0) is 35.9 Å². The maximum Gasteiger partial charge on any atom is 0.331 e. The van der Waals surface area contributed by atoms with Crippen molar-refractivity contribution >= 4 is 17.8 Å². The van der Waals surface area contributed by atoms with Crippen LogP contribution in [-0.2, 0) is 9.53 Å². The van der Waals surface area contributed by atoms with E-state index < -0.39 is 18.4 Å². The van der Waals surface area contributed by atoms with Gasteiger partial charge >= 0.3 is 5.97 Å². The minimum absolute atomic E-state index is 0.277. The average Bonchev–Trinajstić information content (AvgIpc) is 2.74. The molecule has 0 unspecified atom stereocenters. The van der Waals surface area contributed by atoms with Gasteiger partial charge in [-0.2, -0.15) is 0 Å². The number of carbonyl (C=O) groups excluding carboxylic acids is 2. The van der Waals surface area contributed by atoms with Gasteiger partial charge < -0.3 is 23.7 Å². The third-order valence-corrected chi connectivity index (χ3v) is 3.84. The molecule has 0 aromatic heterocycles. The molecule has 0 atom stereocenters. The Bertz CT molecular complexity index is 846. The molecule has 0 aliphatic heterocycles. The van der Waals surface area contributed by atoms with E-state index in [9.17, 15) is 9.59 Å². The van der Waals surface area contributed by atoms with Crippen molar-refractivity contribution in [3.63, 3.8) is 0 Å². The molecule has 0 bridgehead atoms. The average molecular weight is 386 g/mol. The molecule has 0 saturated heterocycles. The Labute approximate surface area is 163 Å². The lowest BCUT2D eigenvalue weighted by Gasteiger charge is -2.13. The van der Waals surface area contributed by atoms with Crippen LogP contribution in [0.2, 0.25) is 0 Å². The molecule has 0 N–H and O–H groups in total. The van der Waals surface area contributed by atoms with Crippen LogP contribution in [0, 0.1) is 0 Å². The van der Waals surface area contributed by atoms with Gasteiger partial charge in [0.05, 0.1) is 28.4 Å². The monoisotopic (exact) mass is 386 g/mol. The van der Waals surface area contributed by atoms with Gasteiger partial charge in [-0.15, -0.1) is 0 Å². The third kappa shape index (κ3) is 5.26. The molecule has 0 spiro atoms. The highest BCUT2D eigenvalue weighted by Gasteiger charge is 2.17. The minimum Gasteiger partial charge on any atom is -0.497 e. The Morgan fingerprint density at radius 3 is 2.14 bits per heavy atom.